The fourth-order valence-electron chi connectivity index (χ4n) is 3.11. The second-order valence-corrected chi connectivity index (χ2v) is 7.67. The summed E-state index contributed by atoms with van der Waals surface area (Å²) < 4.78 is 10.9. The molecule has 1 aromatic heterocycles. The van der Waals surface area contributed by atoms with Crippen LogP contribution in [0.2, 0.25) is 10.0 Å². The maximum atomic E-state index is 6.14. The van der Waals surface area contributed by atoms with Crippen LogP contribution in [0.1, 0.15) is 11.3 Å². The van der Waals surface area contributed by atoms with Crippen LogP contribution < -0.4 is 9.46 Å². The Balaban J connectivity index is 1.47. The van der Waals surface area contributed by atoms with Crippen molar-refractivity contribution in [3.05, 3.63) is 57.7 Å². The number of nitrogens with one attached hydrogen (secondary N) is 2. The molecule has 0 saturated heterocycles. The number of aromatic nitrogens is 1. The van der Waals surface area contributed by atoms with Gasteiger partial charge < -0.3 is 14.4 Å². The van der Waals surface area contributed by atoms with Crippen LogP contribution in [0.5, 0.6) is 5.75 Å². The van der Waals surface area contributed by atoms with E-state index in [-0.39, 0.29) is 0 Å². The summed E-state index contributed by atoms with van der Waals surface area (Å²) in [5.41, 5.74) is 4.74. The van der Waals surface area contributed by atoms with Gasteiger partial charge in [-0.3, -0.25) is 0 Å². The maximum absolute atomic E-state index is 6.14. The SMILES string of the molecule is COc1cc(NSN2CCc3c([nH]c4ccc(Cl)cc34)C2)ccc1Cl. The summed E-state index contributed by atoms with van der Waals surface area (Å²) in [7, 11) is 1.62. The number of anilines is 1. The molecule has 0 spiro atoms. The van der Waals surface area contributed by atoms with Gasteiger partial charge in [0.05, 0.1) is 18.7 Å². The number of methoxy groups -OCH3 is 1. The molecule has 0 saturated carbocycles. The smallest absolute Gasteiger partial charge is 0.139 e. The van der Waals surface area contributed by atoms with Crippen molar-refractivity contribution >= 4 is 51.9 Å². The van der Waals surface area contributed by atoms with E-state index >= 15 is 0 Å². The van der Waals surface area contributed by atoms with Crippen molar-refractivity contribution in [3.63, 3.8) is 0 Å². The second kappa shape index (κ2) is 7.00. The fourth-order valence-corrected chi connectivity index (χ4v) is 4.21. The second-order valence-electron chi connectivity index (χ2n) is 5.93. The first kappa shape index (κ1) is 16.9. The van der Waals surface area contributed by atoms with Gasteiger partial charge in [0.15, 0.2) is 0 Å². The van der Waals surface area contributed by atoms with Gasteiger partial charge in [0, 0.05) is 52.1 Å². The van der Waals surface area contributed by atoms with Crippen molar-refractivity contribution in [3.8, 4) is 5.75 Å². The Kier molecular flexibility index (Phi) is 4.73. The number of halogens is 2. The predicted octanol–water partition coefficient (Wildman–Crippen LogP) is 5.52. The molecule has 0 aliphatic carbocycles. The third-order valence-electron chi connectivity index (χ3n) is 4.35. The molecule has 0 unspecified atom stereocenters. The minimum atomic E-state index is 0.609. The Bertz CT molecular complexity index is 928. The van der Waals surface area contributed by atoms with Gasteiger partial charge in [-0.1, -0.05) is 23.2 Å². The number of hydrogen-bond donors (Lipinski definition) is 2. The van der Waals surface area contributed by atoms with Crippen molar-refractivity contribution < 1.29 is 4.74 Å². The average molecular weight is 394 g/mol. The van der Waals surface area contributed by atoms with Crippen molar-refractivity contribution in [2.45, 2.75) is 13.0 Å². The average Bonchev–Trinajstić information content (AvgIpc) is 2.98. The predicted molar refractivity (Wildman–Crippen MR) is 107 cm³/mol. The van der Waals surface area contributed by atoms with E-state index in [1.807, 2.05) is 36.4 Å². The Morgan fingerprint density at radius 2 is 2.08 bits per heavy atom. The lowest BCUT2D eigenvalue weighted by Gasteiger charge is -2.25. The number of aromatic amines is 1. The van der Waals surface area contributed by atoms with Gasteiger partial charge >= 0.3 is 0 Å². The molecule has 4 rings (SSSR count). The summed E-state index contributed by atoms with van der Waals surface area (Å²) >= 11 is 13.8. The topological polar surface area (TPSA) is 40.3 Å². The normalized spacial score (nSPS) is 14.5. The number of hydrogen-bond acceptors (Lipinski definition) is 4. The molecular formula is C18H17Cl2N3OS. The lowest BCUT2D eigenvalue weighted by Crippen LogP contribution is -2.25. The van der Waals surface area contributed by atoms with Crippen LogP contribution in [0.25, 0.3) is 10.9 Å². The third-order valence-corrected chi connectivity index (χ3v) is 5.79. The van der Waals surface area contributed by atoms with Gasteiger partial charge in [-0.05, 0) is 42.3 Å². The summed E-state index contributed by atoms with van der Waals surface area (Å²) in [5.74, 6) is 0.667. The van der Waals surface area contributed by atoms with Gasteiger partial charge in [-0.25, -0.2) is 4.31 Å². The van der Waals surface area contributed by atoms with Crippen molar-refractivity contribution in [1.82, 2.24) is 9.29 Å². The van der Waals surface area contributed by atoms with Gasteiger partial charge in [-0.2, -0.15) is 0 Å². The highest BCUT2D eigenvalue weighted by atomic mass is 35.5. The molecule has 0 bridgehead atoms. The number of benzene rings is 2. The Labute approximate surface area is 160 Å². The minimum absolute atomic E-state index is 0.609. The molecule has 2 N–H and O–H groups in total. The first-order valence-electron chi connectivity index (χ1n) is 7.94. The highest BCUT2D eigenvalue weighted by Crippen LogP contribution is 2.33. The van der Waals surface area contributed by atoms with E-state index < -0.39 is 0 Å². The van der Waals surface area contributed by atoms with E-state index in [1.165, 1.54) is 16.6 Å². The molecule has 1 aliphatic heterocycles. The lowest BCUT2D eigenvalue weighted by molar-refractivity contribution is 0.415. The molecule has 1 aliphatic rings. The quantitative estimate of drug-likeness (QED) is 0.572. The van der Waals surface area contributed by atoms with Crippen LogP contribution in [0.4, 0.5) is 5.69 Å². The lowest BCUT2D eigenvalue weighted by atomic mass is 10.0. The van der Waals surface area contributed by atoms with E-state index in [2.05, 4.69) is 14.0 Å². The molecule has 0 fully saturated rings. The third kappa shape index (κ3) is 3.42. The number of ether oxygens (including phenoxy) is 1. The van der Waals surface area contributed by atoms with Crippen LogP contribution in [0, 0.1) is 0 Å². The van der Waals surface area contributed by atoms with Crippen LogP contribution in [-0.4, -0.2) is 22.9 Å². The molecule has 0 amide bonds. The minimum Gasteiger partial charge on any atom is -0.495 e. The van der Waals surface area contributed by atoms with Crippen molar-refractivity contribution in [1.29, 1.82) is 0 Å². The largest absolute Gasteiger partial charge is 0.495 e. The standard InChI is InChI=1S/C18H17Cl2N3OS/c1-24-18-9-12(3-4-15(18)20)22-25-23-7-6-13-14-8-11(19)2-5-16(14)21-17(13)10-23/h2-5,8-9,21-22H,6-7,10H2,1H3. The monoisotopic (exact) mass is 393 g/mol. The molecule has 7 heteroatoms. The highest BCUT2D eigenvalue weighted by molar-refractivity contribution is 7.98. The fraction of sp³-hybridized carbons (Fsp3) is 0.222. The number of rotatable bonds is 4. The molecule has 130 valence electrons. The van der Waals surface area contributed by atoms with Crippen molar-refractivity contribution in [2.24, 2.45) is 0 Å². The zero-order valence-corrected chi connectivity index (χ0v) is 15.9. The number of fused-ring (bicyclic) bond motifs is 3. The summed E-state index contributed by atoms with van der Waals surface area (Å²) in [6.45, 7) is 1.82. The summed E-state index contributed by atoms with van der Waals surface area (Å²) in [6, 6.07) is 11.7. The zero-order valence-electron chi connectivity index (χ0n) is 13.6. The van der Waals surface area contributed by atoms with Crippen molar-refractivity contribution in [2.75, 3.05) is 18.4 Å². The van der Waals surface area contributed by atoms with E-state index in [4.69, 9.17) is 27.9 Å². The van der Waals surface area contributed by atoms with Gasteiger partial charge in [0.1, 0.15) is 5.75 Å². The zero-order chi connectivity index (χ0) is 17.4. The molecule has 0 radical (unpaired) electrons. The number of nitrogens with zero attached hydrogens (tertiary/aromatic N) is 1. The van der Waals surface area contributed by atoms with E-state index in [0.29, 0.717) is 10.8 Å². The Morgan fingerprint density at radius 1 is 1.20 bits per heavy atom. The van der Waals surface area contributed by atoms with Gasteiger partial charge in [0.25, 0.3) is 0 Å². The molecule has 0 atom stereocenters. The first-order valence-corrected chi connectivity index (χ1v) is 9.47. The van der Waals surface area contributed by atoms with E-state index in [1.54, 1.807) is 19.2 Å². The van der Waals surface area contributed by atoms with Crippen LogP contribution in [-0.2, 0) is 13.0 Å². The molecule has 2 aromatic carbocycles. The van der Waals surface area contributed by atoms with Crippen LogP contribution in [0.3, 0.4) is 0 Å². The Hall–Kier alpha value is -1.53. The summed E-state index contributed by atoms with van der Waals surface area (Å²) in [5, 5.41) is 2.63. The summed E-state index contributed by atoms with van der Waals surface area (Å²) in [4.78, 5) is 3.52. The molecule has 3 aromatic rings. The molecule has 25 heavy (non-hydrogen) atoms. The highest BCUT2D eigenvalue weighted by Gasteiger charge is 2.21. The summed E-state index contributed by atoms with van der Waals surface area (Å²) in [6.07, 6.45) is 0.994. The molecular weight excluding hydrogens is 377 g/mol. The molecule has 2 heterocycles. The maximum Gasteiger partial charge on any atom is 0.139 e. The molecule has 4 nitrogen and oxygen atoms in total. The van der Waals surface area contributed by atoms with E-state index in [9.17, 15) is 0 Å². The van der Waals surface area contributed by atoms with Gasteiger partial charge in [-0.15, -0.1) is 0 Å². The van der Waals surface area contributed by atoms with Crippen LogP contribution in [0.15, 0.2) is 36.4 Å². The first-order chi connectivity index (χ1) is 12.1. The Morgan fingerprint density at radius 3 is 2.92 bits per heavy atom. The number of H-pyrrole nitrogens is 1. The van der Waals surface area contributed by atoms with Gasteiger partial charge in [0.2, 0.25) is 0 Å². The van der Waals surface area contributed by atoms with Crippen LogP contribution >= 0.6 is 35.3 Å². The van der Waals surface area contributed by atoms with E-state index in [0.717, 1.165) is 35.7 Å².